The number of carbonyl (C=O) groups is 1. The fourth-order valence-electron chi connectivity index (χ4n) is 1.72. The van der Waals surface area contributed by atoms with Gasteiger partial charge in [-0.05, 0) is 42.8 Å². The van der Waals surface area contributed by atoms with Crippen LogP contribution in [-0.2, 0) is 0 Å². The van der Waals surface area contributed by atoms with Crippen molar-refractivity contribution in [1.29, 1.82) is 0 Å². The standard InChI is InChI=1S/C16H15FO2/c17-14-10-8-13(9-11-14)16(18)7-4-12-19-15-5-2-1-3-6-15/h1-3,5-6,8-11H,4,7,12H2/i17-1. The molecule has 2 nitrogen and oxygen atoms in total. The van der Waals surface area contributed by atoms with Gasteiger partial charge in [-0.2, -0.15) is 0 Å². The van der Waals surface area contributed by atoms with E-state index in [1.807, 2.05) is 30.3 Å². The topological polar surface area (TPSA) is 26.3 Å². The van der Waals surface area contributed by atoms with Gasteiger partial charge >= 0.3 is 0 Å². The van der Waals surface area contributed by atoms with Crippen LogP contribution in [0.25, 0.3) is 0 Å². The van der Waals surface area contributed by atoms with Crippen LogP contribution in [0.4, 0.5) is 4.39 Å². The number of Topliss-reactive ketones (excluding diaryl/α,β-unsaturated/α-hetero) is 1. The highest BCUT2D eigenvalue weighted by molar-refractivity contribution is 5.95. The van der Waals surface area contributed by atoms with Crippen molar-refractivity contribution >= 4 is 5.78 Å². The molecular weight excluding hydrogens is 242 g/mol. The van der Waals surface area contributed by atoms with Gasteiger partial charge in [0.2, 0.25) is 0 Å². The van der Waals surface area contributed by atoms with Crippen LogP contribution in [0.2, 0.25) is 0 Å². The number of halogens is 1. The summed E-state index contributed by atoms with van der Waals surface area (Å²) in [6, 6.07) is 15.1. The average molecular weight is 257 g/mol. The van der Waals surface area contributed by atoms with Crippen molar-refractivity contribution in [3.63, 3.8) is 0 Å². The van der Waals surface area contributed by atoms with Gasteiger partial charge in [-0.25, -0.2) is 4.39 Å². The Morgan fingerprint density at radius 2 is 1.68 bits per heavy atom. The van der Waals surface area contributed by atoms with Crippen molar-refractivity contribution in [3.8, 4) is 5.75 Å². The number of hydrogen-bond acceptors (Lipinski definition) is 2. The normalized spacial score (nSPS) is 10.2. The molecule has 2 rings (SSSR count). The molecule has 0 aliphatic rings. The molecule has 0 atom stereocenters. The zero-order valence-corrected chi connectivity index (χ0v) is 10.5. The quantitative estimate of drug-likeness (QED) is 0.580. The van der Waals surface area contributed by atoms with Crippen LogP contribution in [0, 0.1) is 5.82 Å². The van der Waals surface area contributed by atoms with E-state index in [1.54, 1.807) is 0 Å². The largest absolute Gasteiger partial charge is 0.494 e. The molecule has 0 fully saturated rings. The summed E-state index contributed by atoms with van der Waals surface area (Å²) in [6.45, 7) is 0.497. The highest BCUT2D eigenvalue weighted by atomic mass is 18.2. The van der Waals surface area contributed by atoms with Crippen molar-refractivity contribution in [2.24, 2.45) is 0 Å². The number of rotatable bonds is 6. The van der Waals surface area contributed by atoms with Gasteiger partial charge in [0.25, 0.3) is 0 Å². The maximum absolute atomic E-state index is 12.7. The van der Waals surface area contributed by atoms with Gasteiger partial charge in [-0.15, -0.1) is 0 Å². The van der Waals surface area contributed by atoms with Gasteiger partial charge in [0.05, 0.1) is 6.61 Å². The van der Waals surface area contributed by atoms with E-state index in [9.17, 15) is 9.18 Å². The molecule has 19 heavy (non-hydrogen) atoms. The zero-order chi connectivity index (χ0) is 13.5. The van der Waals surface area contributed by atoms with Crippen LogP contribution in [0.5, 0.6) is 5.75 Å². The van der Waals surface area contributed by atoms with Crippen molar-refractivity contribution in [2.45, 2.75) is 12.8 Å². The predicted octanol–water partition coefficient (Wildman–Crippen LogP) is 3.87. The zero-order valence-electron chi connectivity index (χ0n) is 10.5. The summed E-state index contributed by atoms with van der Waals surface area (Å²) in [6.07, 6.45) is 1.05. The summed E-state index contributed by atoms with van der Waals surface area (Å²) in [7, 11) is 0. The minimum absolute atomic E-state index is 0.0108. The second kappa shape index (κ2) is 6.69. The third-order valence-electron chi connectivity index (χ3n) is 2.73. The third-order valence-corrected chi connectivity index (χ3v) is 2.73. The van der Waals surface area contributed by atoms with Crippen molar-refractivity contribution < 1.29 is 13.9 Å². The summed E-state index contributed by atoms with van der Waals surface area (Å²) >= 11 is 0. The lowest BCUT2D eigenvalue weighted by atomic mass is 10.1. The molecule has 0 amide bonds. The van der Waals surface area contributed by atoms with Crippen LogP contribution >= 0.6 is 0 Å². The Morgan fingerprint density at radius 3 is 2.37 bits per heavy atom. The van der Waals surface area contributed by atoms with Gasteiger partial charge in [0.1, 0.15) is 11.6 Å². The van der Waals surface area contributed by atoms with E-state index in [2.05, 4.69) is 0 Å². The Balaban J connectivity index is 1.74. The average Bonchev–Trinajstić information content (AvgIpc) is 2.45. The molecule has 0 bridgehead atoms. The van der Waals surface area contributed by atoms with E-state index in [1.165, 1.54) is 24.3 Å². The van der Waals surface area contributed by atoms with Crippen LogP contribution in [0.15, 0.2) is 54.6 Å². The summed E-state index contributed by atoms with van der Waals surface area (Å²) in [5.74, 6) is 0.484. The van der Waals surface area contributed by atoms with Gasteiger partial charge in [-0.3, -0.25) is 4.79 Å². The molecular formula is C16H15FO2. The molecule has 98 valence electrons. The lowest BCUT2D eigenvalue weighted by molar-refractivity contribution is 0.0973. The fourth-order valence-corrected chi connectivity index (χ4v) is 1.72. The van der Waals surface area contributed by atoms with E-state index in [-0.39, 0.29) is 11.6 Å². The van der Waals surface area contributed by atoms with Crippen molar-refractivity contribution in [2.75, 3.05) is 6.61 Å². The highest BCUT2D eigenvalue weighted by Gasteiger charge is 2.05. The lowest BCUT2D eigenvalue weighted by Gasteiger charge is -2.05. The van der Waals surface area contributed by atoms with Gasteiger partial charge in [-0.1, -0.05) is 18.2 Å². The number of para-hydroxylation sites is 1. The SMILES string of the molecule is O=C(CCCOc1ccccc1)c1ccc([18F])cc1. The Morgan fingerprint density at radius 1 is 1.00 bits per heavy atom. The van der Waals surface area contributed by atoms with E-state index in [0.29, 0.717) is 25.0 Å². The minimum atomic E-state index is -0.330. The first-order valence-corrected chi connectivity index (χ1v) is 6.22. The first-order valence-electron chi connectivity index (χ1n) is 6.22. The summed E-state index contributed by atoms with van der Waals surface area (Å²) in [4.78, 5) is 11.8. The minimum Gasteiger partial charge on any atom is -0.494 e. The van der Waals surface area contributed by atoms with Crippen LogP contribution in [-0.4, -0.2) is 12.4 Å². The predicted molar refractivity (Wildman–Crippen MR) is 71.9 cm³/mol. The van der Waals surface area contributed by atoms with Crippen molar-refractivity contribution in [3.05, 3.63) is 66.0 Å². The van der Waals surface area contributed by atoms with Gasteiger partial charge in [0, 0.05) is 12.0 Å². The first kappa shape index (κ1) is 13.3. The van der Waals surface area contributed by atoms with Gasteiger partial charge < -0.3 is 4.74 Å². The summed E-state index contributed by atoms with van der Waals surface area (Å²) < 4.78 is 18.2. The second-order valence-corrected chi connectivity index (χ2v) is 4.20. The lowest BCUT2D eigenvalue weighted by Crippen LogP contribution is -2.03. The van der Waals surface area contributed by atoms with Crippen LogP contribution in [0.3, 0.4) is 0 Å². The Labute approximate surface area is 111 Å². The van der Waals surface area contributed by atoms with Crippen molar-refractivity contribution in [1.82, 2.24) is 0 Å². The number of ketones is 1. The molecule has 3 heteroatoms. The maximum Gasteiger partial charge on any atom is 0.163 e. The van der Waals surface area contributed by atoms with E-state index in [4.69, 9.17) is 4.74 Å². The smallest absolute Gasteiger partial charge is 0.163 e. The molecule has 2 aromatic rings. The van der Waals surface area contributed by atoms with Crippen LogP contribution < -0.4 is 4.74 Å². The monoisotopic (exact) mass is 257 g/mol. The molecule has 0 spiro atoms. The fraction of sp³-hybridized carbons (Fsp3) is 0.188. The first-order chi connectivity index (χ1) is 9.25. The summed E-state index contributed by atoms with van der Waals surface area (Å²) in [5, 5.41) is 0. The Bertz CT molecular complexity index is 520. The molecule has 0 aliphatic carbocycles. The number of benzene rings is 2. The Kier molecular flexibility index (Phi) is 4.67. The maximum atomic E-state index is 12.7. The molecule has 0 saturated carbocycles. The Hall–Kier alpha value is -2.16. The number of ether oxygens (including phenoxy) is 1. The summed E-state index contributed by atoms with van der Waals surface area (Å²) in [5.41, 5.74) is 0.543. The molecule has 0 unspecified atom stereocenters. The molecule has 2 aromatic carbocycles. The molecule has 0 heterocycles. The molecule has 0 radical (unpaired) electrons. The number of carbonyl (C=O) groups excluding carboxylic acids is 1. The van der Waals surface area contributed by atoms with E-state index >= 15 is 0 Å². The molecule has 0 aromatic heterocycles. The van der Waals surface area contributed by atoms with Crippen LogP contribution in [0.1, 0.15) is 23.2 Å². The molecule has 0 N–H and O–H groups in total. The van der Waals surface area contributed by atoms with Gasteiger partial charge in [0.15, 0.2) is 5.78 Å². The van der Waals surface area contributed by atoms with E-state index < -0.39 is 0 Å². The van der Waals surface area contributed by atoms with E-state index in [0.717, 1.165) is 5.75 Å². The molecule has 0 aliphatic heterocycles. The number of hydrogen-bond donors (Lipinski definition) is 0. The third kappa shape index (κ3) is 4.21. The highest BCUT2D eigenvalue weighted by Crippen LogP contribution is 2.10. The molecule has 0 saturated heterocycles. The second-order valence-electron chi connectivity index (χ2n) is 4.20.